The van der Waals surface area contributed by atoms with Crippen molar-refractivity contribution in [1.29, 1.82) is 0 Å². The number of hydrogen-bond donors (Lipinski definition) is 3. The standard InChI is InChI=1S/C24H27N3O4/c1-30-22-10-7-17(15-23(22)31-2)11-13-25-14-12-24(29)27-26-16-20-19-6-4-3-5-18(19)8-9-21(20)28/h3-10,15-16,25,28H,11-14H2,1-2H3,(H,27,29). The highest BCUT2D eigenvalue weighted by molar-refractivity contribution is 6.02. The van der Waals surface area contributed by atoms with Gasteiger partial charge in [-0.3, -0.25) is 4.79 Å². The molecule has 1 amide bonds. The molecule has 0 heterocycles. The zero-order chi connectivity index (χ0) is 22.1. The summed E-state index contributed by atoms with van der Waals surface area (Å²) in [6.45, 7) is 1.27. The highest BCUT2D eigenvalue weighted by atomic mass is 16.5. The molecule has 7 heteroatoms. The fourth-order valence-corrected chi connectivity index (χ4v) is 3.24. The van der Waals surface area contributed by atoms with Crippen molar-refractivity contribution in [2.45, 2.75) is 12.8 Å². The lowest BCUT2D eigenvalue weighted by atomic mass is 10.0. The largest absolute Gasteiger partial charge is 0.507 e. The summed E-state index contributed by atoms with van der Waals surface area (Å²) in [4.78, 5) is 12.0. The van der Waals surface area contributed by atoms with Crippen LogP contribution in [0.2, 0.25) is 0 Å². The van der Waals surface area contributed by atoms with Crippen LogP contribution in [-0.2, 0) is 11.2 Å². The molecule has 0 aliphatic heterocycles. The SMILES string of the molecule is COc1ccc(CCNCCC(=O)NN=Cc2c(O)ccc3ccccc23)cc1OC. The second kappa shape index (κ2) is 11.0. The van der Waals surface area contributed by atoms with Crippen LogP contribution < -0.4 is 20.2 Å². The molecule has 0 bridgehead atoms. The first-order chi connectivity index (χ1) is 15.1. The predicted octanol–water partition coefficient (Wildman–Crippen LogP) is 3.24. The Hall–Kier alpha value is -3.58. The summed E-state index contributed by atoms with van der Waals surface area (Å²) in [5.74, 6) is 1.32. The molecule has 0 atom stereocenters. The van der Waals surface area contributed by atoms with E-state index in [4.69, 9.17) is 9.47 Å². The normalized spacial score (nSPS) is 11.0. The van der Waals surface area contributed by atoms with E-state index in [9.17, 15) is 9.90 Å². The number of fused-ring (bicyclic) bond motifs is 1. The molecular formula is C24H27N3O4. The number of carbonyl (C=O) groups excluding carboxylic acids is 1. The number of hydrogen-bond acceptors (Lipinski definition) is 6. The van der Waals surface area contributed by atoms with Gasteiger partial charge in [0.2, 0.25) is 5.91 Å². The minimum Gasteiger partial charge on any atom is -0.507 e. The molecule has 31 heavy (non-hydrogen) atoms. The van der Waals surface area contributed by atoms with Crippen LogP contribution in [0.15, 0.2) is 59.7 Å². The molecule has 0 unspecified atom stereocenters. The minimum absolute atomic E-state index is 0.119. The number of amides is 1. The number of benzene rings is 3. The summed E-state index contributed by atoms with van der Waals surface area (Å²) in [5, 5.41) is 19.2. The average Bonchev–Trinajstić information content (AvgIpc) is 2.80. The number of methoxy groups -OCH3 is 2. The van der Waals surface area contributed by atoms with Crippen molar-refractivity contribution < 1.29 is 19.4 Å². The van der Waals surface area contributed by atoms with Crippen LogP contribution in [0, 0.1) is 0 Å². The number of carbonyl (C=O) groups is 1. The lowest BCUT2D eigenvalue weighted by Gasteiger charge is -2.10. The van der Waals surface area contributed by atoms with Gasteiger partial charge in [0.1, 0.15) is 5.75 Å². The van der Waals surface area contributed by atoms with Gasteiger partial charge in [-0.1, -0.05) is 36.4 Å². The van der Waals surface area contributed by atoms with Crippen molar-refractivity contribution in [3.63, 3.8) is 0 Å². The van der Waals surface area contributed by atoms with E-state index in [0.717, 1.165) is 29.3 Å². The van der Waals surface area contributed by atoms with Crippen molar-refractivity contribution in [1.82, 2.24) is 10.7 Å². The van der Waals surface area contributed by atoms with Gasteiger partial charge in [0.25, 0.3) is 0 Å². The third kappa shape index (κ3) is 5.96. The number of aromatic hydroxyl groups is 1. The van der Waals surface area contributed by atoms with E-state index in [-0.39, 0.29) is 11.7 Å². The highest BCUT2D eigenvalue weighted by Gasteiger charge is 2.06. The molecule has 0 aromatic heterocycles. The van der Waals surface area contributed by atoms with E-state index in [1.54, 1.807) is 20.3 Å². The van der Waals surface area contributed by atoms with Crippen LogP contribution >= 0.6 is 0 Å². The molecule has 3 N–H and O–H groups in total. The van der Waals surface area contributed by atoms with Crippen molar-refractivity contribution >= 4 is 22.9 Å². The van der Waals surface area contributed by atoms with Gasteiger partial charge in [0.15, 0.2) is 11.5 Å². The summed E-state index contributed by atoms with van der Waals surface area (Å²) < 4.78 is 10.5. The van der Waals surface area contributed by atoms with Crippen LogP contribution in [0.4, 0.5) is 0 Å². The van der Waals surface area contributed by atoms with Gasteiger partial charge in [-0.15, -0.1) is 0 Å². The summed E-state index contributed by atoms with van der Waals surface area (Å²) in [7, 11) is 3.22. The second-order valence-electron chi connectivity index (χ2n) is 6.95. The number of nitrogens with one attached hydrogen (secondary N) is 2. The number of phenolic OH excluding ortho intramolecular Hbond substituents is 1. The van der Waals surface area contributed by atoms with Gasteiger partial charge in [-0.05, 0) is 47.5 Å². The average molecular weight is 421 g/mol. The molecule has 0 aliphatic rings. The molecule has 0 radical (unpaired) electrons. The predicted molar refractivity (Wildman–Crippen MR) is 122 cm³/mol. The quantitative estimate of drug-likeness (QED) is 0.266. The molecule has 0 fully saturated rings. The summed E-state index contributed by atoms with van der Waals surface area (Å²) in [6.07, 6.45) is 2.57. The minimum atomic E-state index is -0.199. The molecule has 3 aromatic rings. The zero-order valence-corrected chi connectivity index (χ0v) is 17.7. The van der Waals surface area contributed by atoms with Gasteiger partial charge in [-0.25, -0.2) is 5.43 Å². The fourth-order valence-electron chi connectivity index (χ4n) is 3.24. The van der Waals surface area contributed by atoms with Crippen LogP contribution in [0.5, 0.6) is 17.2 Å². The molecule has 3 aromatic carbocycles. The Kier molecular flexibility index (Phi) is 7.84. The second-order valence-corrected chi connectivity index (χ2v) is 6.95. The van der Waals surface area contributed by atoms with Crippen LogP contribution in [0.1, 0.15) is 17.5 Å². The van der Waals surface area contributed by atoms with E-state index in [1.165, 1.54) is 6.21 Å². The first-order valence-corrected chi connectivity index (χ1v) is 10.1. The van der Waals surface area contributed by atoms with Crippen LogP contribution in [-0.4, -0.2) is 44.5 Å². The van der Waals surface area contributed by atoms with Crippen molar-refractivity contribution in [3.05, 3.63) is 65.7 Å². The Morgan fingerprint density at radius 1 is 1.03 bits per heavy atom. The fraction of sp³-hybridized carbons (Fsp3) is 0.250. The smallest absolute Gasteiger partial charge is 0.241 e. The number of ether oxygens (including phenoxy) is 2. The van der Waals surface area contributed by atoms with Gasteiger partial charge in [0, 0.05) is 18.5 Å². The topological polar surface area (TPSA) is 92.2 Å². The number of phenols is 1. The highest BCUT2D eigenvalue weighted by Crippen LogP contribution is 2.27. The maximum atomic E-state index is 12.0. The van der Waals surface area contributed by atoms with E-state index in [0.29, 0.717) is 30.0 Å². The number of hydrazone groups is 1. The van der Waals surface area contributed by atoms with E-state index in [2.05, 4.69) is 15.8 Å². The third-order valence-electron chi connectivity index (χ3n) is 4.90. The van der Waals surface area contributed by atoms with Crippen LogP contribution in [0.25, 0.3) is 10.8 Å². The monoisotopic (exact) mass is 421 g/mol. The molecule has 7 nitrogen and oxygen atoms in total. The van der Waals surface area contributed by atoms with E-state index in [1.807, 2.05) is 48.5 Å². The van der Waals surface area contributed by atoms with Crippen LogP contribution in [0.3, 0.4) is 0 Å². The van der Waals surface area contributed by atoms with Gasteiger partial charge >= 0.3 is 0 Å². The molecule has 0 saturated carbocycles. The summed E-state index contributed by atoms with van der Waals surface area (Å²) in [6, 6.07) is 17.0. The molecule has 0 saturated heterocycles. The zero-order valence-electron chi connectivity index (χ0n) is 17.7. The van der Waals surface area contributed by atoms with Gasteiger partial charge < -0.3 is 19.9 Å². The number of rotatable bonds is 10. The van der Waals surface area contributed by atoms with E-state index < -0.39 is 0 Å². The lowest BCUT2D eigenvalue weighted by molar-refractivity contribution is -0.120. The Balaban J connectivity index is 1.42. The Labute approximate surface area is 181 Å². The van der Waals surface area contributed by atoms with Gasteiger partial charge in [0.05, 0.1) is 20.4 Å². The maximum absolute atomic E-state index is 12.0. The third-order valence-corrected chi connectivity index (χ3v) is 4.90. The number of nitrogens with zero attached hydrogens (tertiary/aromatic N) is 1. The summed E-state index contributed by atoms with van der Waals surface area (Å²) in [5.41, 5.74) is 4.20. The molecule has 3 rings (SSSR count). The Morgan fingerprint density at radius 2 is 1.84 bits per heavy atom. The Bertz CT molecular complexity index is 1070. The van der Waals surface area contributed by atoms with Crippen molar-refractivity contribution in [3.8, 4) is 17.2 Å². The molecule has 0 spiro atoms. The molecular weight excluding hydrogens is 394 g/mol. The Morgan fingerprint density at radius 3 is 2.65 bits per heavy atom. The van der Waals surface area contributed by atoms with Crippen molar-refractivity contribution in [2.75, 3.05) is 27.3 Å². The van der Waals surface area contributed by atoms with E-state index >= 15 is 0 Å². The summed E-state index contributed by atoms with van der Waals surface area (Å²) >= 11 is 0. The molecule has 162 valence electrons. The van der Waals surface area contributed by atoms with Gasteiger partial charge in [-0.2, -0.15) is 5.10 Å². The maximum Gasteiger partial charge on any atom is 0.241 e. The lowest BCUT2D eigenvalue weighted by Crippen LogP contribution is -2.25. The first-order valence-electron chi connectivity index (χ1n) is 10.1. The molecule has 0 aliphatic carbocycles. The van der Waals surface area contributed by atoms with Crippen molar-refractivity contribution in [2.24, 2.45) is 5.10 Å². The first kappa shape index (κ1) is 22.1.